The van der Waals surface area contributed by atoms with E-state index in [-0.39, 0.29) is 11.8 Å². The summed E-state index contributed by atoms with van der Waals surface area (Å²) in [5.74, 6) is 0.500. The van der Waals surface area contributed by atoms with E-state index in [0.29, 0.717) is 25.7 Å². The Morgan fingerprint density at radius 3 is 2.40 bits per heavy atom. The quantitative estimate of drug-likeness (QED) is 0.837. The molecule has 0 atom stereocenters. The molecule has 1 saturated heterocycles. The first-order chi connectivity index (χ1) is 9.46. The fraction of sp³-hybridized carbons (Fsp3) is 0.938. The third-order valence-corrected chi connectivity index (χ3v) is 5.10. The van der Waals surface area contributed by atoms with Crippen LogP contribution in [0.3, 0.4) is 0 Å². The number of hydrogen-bond acceptors (Lipinski definition) is 3. The molecular formula is C16H30N2O2. The van der Waals surface area contributed by atoms with Gasteiger partial charge in [-0.3, -0.25) is 9.69 Å². The van der Waals surface area contributed by atoms with Gasteiger partial charge in [0.05, 0.1) is 12.1 Å². The van der Waals surface area contributed by atoms with Crippen molar-refractivity contribution in [1.29, 1.82) is 0 Å². The first-order valence-corrected chi connectivity index (χ1v) is 8.20. The smallest absolute Gasteiger partial charge is 0.236 e. The molecule has 0 bridgehead atoms. The van der Waals surface area contributed by atoms with Gasteiger partial charge in [-0.2, -0.15) is 0 Å². The maximum atomic E-state index is 12.5. The number of likely N-dealkylation sites (N-methyl/N-ethyl adjacent to an activating group) is 1. The van der Waals surface area contributed by atoms with Gasteiger partial charge in [0.15, 0.2) is 0 Å². The van der Waals surface area contributed by atoms with Gasteiger partial charge < -0.3 is 10.0 Å². The SMILES string of the molecule is CCN(C(=O)CN1CC(O)(C(C)C)C1)C1CCCCC1. The van der Waals surface area contributed by atoms with Crippen molar-refractivity contribution < 1.29 is 9.90 Å². The maximum absolute atomic E-state index is 12.5. The van der Waals surface area contributed by atoms with E-state index in [1.165, 1.54) is 19.3 Å². The van der Waals surface area contributed by atoms with E-state index in [0.717, 1.165) is 19.4 Å². The number of likely N-dealkylation sites (tertiary alicyclic amines) is 1. The molecule has 20 heavy (non-hydrogen) atoms. The molecule has 1 aliphatic carbocycles. The molecule has 2 aliphatic rings. The molecule has 0 aromatic rings. The van der Waals surface area contributed by atoms with E-state index >= 15 is 0 Å². The van der Waals surface area contributed by atoms with Crippen LogP contribution in [0.2, 0.25) is 0 Å². The Labute approximate surface area is 123 Å². The van der Waals surface area contributed by atoms with Gasteiger partial charge >= 0.3 is 0 Å². The summed E-state index contributed by atoms with van der Waals surface area (Å²) >= 11 is 0. The number of hydrogen-bond donors (Lipinski definition) is 1. The molecule has 0 aromatic carbocycles. The molecule has 1 aliphatic heterocycles. The minimum absolute atomic E-state index is 0.241. The maximum Gasteiger partial charge on any atom is 0.236 e. The summed E-state index contributed by atoms with van der Waals surface area (Å²) in [5, 5.41) is 10.2. The van der Waals surface area contributed by atoms with E-state index < -0.39 is 5.60 Å². The minimum Gasteiger partial charge on any atom is -0.387 e. The normalized spacial score (nSPS) is 23.6. The molecule has 0 radical (unpaired) electrons. The Hall–Kier alpha value is -0.610. The highest BCUT2D eigenvalue weighted by Gasteiger charge is 2.44. The summed E-state index contributed by atoms with van der Waals surface area (Å²) in [5.41, 5.74) is -0.581. The molecule has 2 rings (SSSR count). The van der Waals surface area contributed by atoms with Crippen molar-refractivity contribution in [2.75, 3.05) is 26.2 Å². The fourth-order valence-electron chi connectivity index (χ4n) is 3.52. The lowest BCUT2D eigenvalue weighted by molar-refractivity contribution is -0.151. The van der Waals surface area contributed by atoms with Gasteiger partial charge in [0.25, 0.3) is 0 Å². The van der Waals surface area contributed by atoms with Crippen molar-refractivity contribution in [3.8, 4) is 0 Å². The molecule has 4 nitrogen and oxygen atoms in total. The average Bonchev–Trinajstić information content (AvgIpc) is 2.38. The third kappa shape index (κ3) is 3.34. The van der Waals surface area contributed by atoms with Gasteiger partial charge in [-0.15, -0.1) is 0 Å². The zero-order chi connectivity index (χ0) is 14.8. The standard InChI is InChI=1S/C16H30N2O2/c1-4-18(14-8-6-5-7-9-14)15(19)10-17-11-16(20,12-17)13(2)3/h13-14,20H,4-12H2,1-3H3. The van der Waals surface area contributed by atoms with Crippen LogP contribution in [0.15, 0.2) is 0 Å². The Morgan fingerprint density at radius 2 is 1.90 bits per heavy atom. The van der Waals surface area contributed by atoms with Crippen molar-refractivity contribution in [2.24, 2.45) is 5.92 Å². The topological polar surface area (TPSA) is 43.8 Å². The van der Waals surface area contributed by atoms with Crippen LogP contribution in [0.4, 0.5) is 0 Å². The summed E-state index contributed by atoms with van der Waals surface area (Å²) in [7, 11) is 0. The van der Waals surface area contributed by atoms with Gasteiger partial charge in [0, 0.05) is 25.7 Å². The lowest BCUT2D eigenvalue weighted by atomic mass is 9.83. The highest BCUT2D eigenvalue weighted by molar-refractivity contribution is 5.78. The molecule has 0 aromatic heterocycles. The van der Waals surface area contributed by atoms with Crippen molar-refractivity contribution in [1.82, 2.24) is 9.80 Å². The van der Waals surface area contributed by atoms with E-state index in [9.17, 15) is 9.90 Å². The summed E-state index contributed by atoms with van der Waals surface area (Å²) in [4.78, 5) is 16.6. The van der Waals surface area contributed by atoms with E-state index in [4.69, 9.17) is 0 Å². The third-order valence-electron chi connectivity index (χ3n) is 5.10. The molecule has 2 fully saturated rings. The lowest BCUT2D eigenvalue weighted by Gasteiger charge is -2.49. The predicted molar refractivity (Wildman–Crippen MR) is 80.5 cm³/mol. The van der Waals surface area contributed by atoms with Gasteiger partial charge in [-0.25, -0.2) is 0 Å². The number of nitrogens with zero attached hydrogens (tertiary/aromatic N) is 2. The van der Waals surface area contributed by atoms with Crippen molar-refractivity contribution in [2.45, 2.75) is 64.5 Å². The zero-order valence-corrected chi connectivity index (χ0v) is 13.3. The summed E-state index contributed by atoms with van der Waals surface area (Å²) < 4.78 is 0. The second kappa shape index (κ2) is 6.44. The highest BCUT2D eigenvalue weighted by atomic mass is 16.3. The van der Waals surface area contributed by atoms with Crippen molar-refractivity contribution in [3.63, 3.8) is 0 Å². The monoisotopic (exact) mass is 282 g/mol. The number of carbonyl (C=O) groups excluding carboxylic acids is 1. The number of amides is 1. The predicted octanol–water partition coefficient (Wildman–Crippen LogP) is 1.87. The lowest BCUT2D eigenvalue weighted by Crippen LogP contribution is -2.66. The van der Waals surface area contributed by atoms with Crippen molar-refractivity contribution >= 4 is 5.91 Å². The van der Waals surface area contributed by atoms with Gasteiger partial charge in [-0.1, -0.05) is 33.1 Å². The second-order valence-electron chi connectivity index (χ2n) is 6.88. The number of aliphatic hydroxyl groups is 1. The summed E-state index contributed by atoms with van der Waals surface area (Å²) in [6.07, 6.45) is 6.15. The molecule has 1 heterocycles. The molecule has 4 heteroatoms. The van der Waals surface area contributed by atoms with Crippen molar-refractivity contribution in [3.05, 3.63) is 0 Å². The fourth-order valence-corrected chi connectivity index (χ4v) is 3.52. The van der Waals surface area contributed by atoms with Crippen LogP contribution in [0.1, 0.15) is 52.9 Å². The van der Waals surface area contributed by atoms with Gasteiger partial charge in [0.2, 0.25) is 5.91 Å². The average molecular weight is 282 g/mol. The Balaban J connectivity index is 1.82. The van der Waals surface area contributed by atoms with Crippen LogP contribution in [0.5, 0.6) is 0 Å². The summed E-state index contributed by atoms with van der Waals surface area (Å²) in [6.45, 7) is 8.72. The van der Waals surface area contributed by atoms with Gasteiger partial charge in [-0.05, 0) is 25.7 Å². The van der Waals surface area contributed by atoms with Crippen LogP contribution >= 0.6 is 0 Å². The molecule has 116 valence electrons. The Kier molecular flexibility index (Phi) is 5.08. The van der Waals surface area contributed by atoms with E-state index in [1.807, 2.05) is 13.8 Å². The highest BCUT2D eigenvalue weighted by Crippen LogP contribution is 2.29. The van der Waals surface area contributed by atoms with Crippen LogP contribution < -0.4 is 0 Å². The van der Waals surface area contributed by atoms with Crippen LogP contribution in [0, 0.1) is 5.92 Å². The first kappa shape index (κ1) is 15.8. The molecular weight excluding hydrogens is 252 g/mol. The summed E-state index contributed by atoms with van der Waals surface area (Å²) in [6, 6.07) is 0.450. The van der Waals surface area contributed by atoms with Crippen LogP contribution in [-0.4, -0.2) is 58.6 Å². The second-order valence-corrected chi connectivity index (χ2v) is 6.88. The minimum atomic E-state index is -0.581. The number of carbonyl (C=O) groups is 1. The molecule has 0 unspecified atom stereocenters. The number of rotatable bonds is 5. The largest absolute Gasteiger partial charge is 0.387 e. The zero-order valence-electron chi connectivity index (χ0n) is 13.3. The van der Waals surface area contributed by atoms with E-state index in [1.54, 1.807) is 0 Å². The Morgan fingerprint density at radius 1 is 1.30 bits per heavy atom. The van der Waals surface area contributed by atoms with Crippen LogP contribution in [0.25, 0.3) is 0 Å². The van der Waals surface area contributed by atoms with Crippen LogP contribution in [-0.2, 0) is 4.79 Å². The molecule has 1 saturated carbocycles. The van der Waals surface area contributed by atoms with E-state index in [2.05, 4.69) is 16.7 Å². The molecule has 0 spiro atoms. The Bertz CT molecular complexity index is 331. The van der Waals surface area contributed by atoms with Gasteiger partial charge in [0.1, 0.15) is 0 Å². The first-order valence-electron chi connectivity index (χ1n) is 8.20. The molecule has 1 N–H and O–H groups in total. The number of β-amino-alcohol motifs (C(OH)–C–C–N with tert-alkyl or cyclic N) is 1. The molecule has 1 amide bonds.